The zero-order valence-corrected chi connectivity index (χ0v) is 12.1. The number of azide groups is 1. The Morgan fingerprint density at radius 3 is 2.67 bits per heavy atom. The molecule has 0 aromatic heterocycles. The van der Waals surface area contributed by atoms with Gasteiger partial charge in [0.2, 0.25) is 0 Å². The molecule has 21 heavy (non-hydrogen) atoms. The van der Waals surface area contributed by atoms with E-state index in [0.717, 1.165) is 5.56 Å². The molecule has 5 nitrogen and oxygen atoms in total. The second-order valence-corrected chi connectivity index (χ2v) is 5.68. The van der Waals surface area contributed by atoms with E-state index in [1.165, 1.54) is 12.1 Å². The van der Waals surface area contributed by atoms with Gasteiger partial charge in [0.1, 0.15) is 11.9 Å². The van der Waals surface area contributed by atoms with E-state index in [9.17, 15) is 9.18 Å². The van der Waals surface area contributed by atoms with E-state index in [0.29, 0.717) is 12.8 Å². The maximum atomic E-state index is 12.9. The molecule has 1 heterocycles. The number of nitrogens with zero attached hydrogens (tertiary/aromatic N) is 3. The van der Waals surface area contributed by atoms with Crippen LogP contribution in [0.25, 0.3) is 10.4 Å². The van der Waals surface area contributed by atoms with E-state index in [1.807, 2.05) is 13.8 Å². The van der Waals surface area contributed by atoms with E-state index in [1.54, 1.807) is 12.1 Å². The van der Waals surface area contributed by atoms with Gasteiger partial charge in [0.15, 0.2) is 0 Å². The van der Waals surface area contributed by atoms with Crippen molar-refractivity contribution in [3.63, 3.8) is 0 Å². The van der Waals surface area contributed by atoms with Gasteiger partial charge in [-0.1, -0.05) is 31.1 Å². The third-order valence-corrected chi connectivity index (χ3v) is 3.76. The first kappa shape index (κ1) is 15.3. The fourth-order valence-electron chi connectivity index (χ4n) is 2.65. The summed E-state index contributed by atoms with van der Waals surface area (Å²) in [5.41, 5.74) is 9.51. The highest BCUT2D eigenvalue weighted by Crippen LogP contribution is 2.30. The minimum Gasteiger partial charge on any atom is -0.462 e. The van der Waals surface area contributed by atoms with Gasteiger partial charge in [-0.2, -0.15) is 0 Å². The number of carbonyl (C=O) groups excluding carboxylic acids is 1. The molecule has 0 N–H and O–H groups in total. The molecule has 1 saturated heterocycles. The normalized spacial score (nSPS) is 22.8. The number of cyclic esters (lactones) is 1. The Kier molecular flexibility index (Phi) is 4.81. The molecule has 1 aromatic rings. The summed E-state index contributed by atoms with van der Waals surface area (Å²) in [5, 5.41) is 3.75. The van der Waals surface area contributed by atoms with E-state index in [-0.39, 0.29) is 35.8 Å². The summed E-state index contributed by atoms with van der Waals surface area (Å²) in [6.45, 7) is 3.86. The van der Waals surface area contributed by atoms with Gasteiger partial charge in [0, 0.05) is 4.91 Å². The van der Waals surface area contributed by atoms with Gasteiger partial charge in [0.25, 0.3) is 0 Å². The lowest BCUT2D eigenvalue weighted by molar-refractivity contribution is -0.145. The highest BCUT2D eigenvalue weighted by Gasteiger charge is 2.39. The maximum Gasteiger partial charge on any atom is 0.309 e. The van der Waals surface area contributed by atoms with Gasteiger partial charge < -0.3 is 4.74 Å². The predicted molar refractivity (Wildman–Crippen MR) is 75.9 cm³/mol. The van der Waals surface area contributed by atoms with Crippen LogP contribution >= 0.6 is 0 Å². The molecule has 3 atom stereocenters. The third kappa shape index (κ3) is 3.73. The number of rotatable bonds is 5. The van der Waals surface area contributed by atoms with Crippen LogP contribution in [0.1, 0.15) is 25.8 Å². The van der Waals surface area contributed by atoms with E-state index < -0.39 is 0 Å². The van der Waals surface area contributed by atoms with Crippen molar-refractivity contribution in [2.24, 2.45) is 17.0 Å². The Morgan fingerprint density at radius 2 is 2.10 bits per heavy atom. The first-order valence-electron chi connectivity index (χ1n) is 7.00. The van der Waals surface area contributed by atoms with Crippen LogP contribution < -0.4 is 0 Å². The molecule has 0 bridgehead atoms. The SMILES string of the molecule is CC(C)[C@H](N=[N+]=[N-])[C@@H]1C[C@@H](Cc2ccc(F)cc2)C(=O)O1. The van der Waals surface area contributed by atoms with Crippen molar-refractivity contribution < 1.29 is 13.9 Å². The van der Waals surface area contributed by atoms with Crippen molar-refractivity contribution >= 4 is 5.97 Å². The van der Waals surface area contributed by atoms with Crippen LogP contribution in [0.4, 0.5) is 4.39 Å². The number of hydrogen-bond acceptors (Lipinski definition) is 3. The minimum atomic E-state index is -0.376. The lowest BCUT2D eigenvalue weighted by Gasteiger charge is -2.20. The molecule has 6 heteroatoms. The topological polar surface area (TPSA) is 75.1 Å². The minimum absolute atomic E-state index is 0.100. The summed E-state index contributed by atoms with van der Waals surface area (Å²) < 4.78 is 18.2. The second kappa shape index (κ2) is 6.59. The second-order valence-electron chi connectivity index (χ2n) is 5.68. The van der Waals surface area contributed by atoms with E-state index in [2.05, 4.69) is 10.0 Å². The molecule has 1 aromatic carbocycles. The van der Waals surface area contributed by atoms with Crippen LogP contribution in [0.15, 0.2) is 29.4 Å². The van der Waals surface area contributed by atoms with Crippen molar-refractivity contribution in [1.82, 2.24) is 0 Å². The van der Waals surface area contributed by atoms with Crippen molar-refractivity contribution in [3.05, 3.63) is 46.1 Å². The van der Waals surface area contributed by atoms with Crippen LogP contribution in [-0.2, 0) is 16.0 Å². The summed E-state index contributed by atoms with van der Waals surface area (Å²) in [6.07, 6.45) is 0.660. The van der Waals surface area contributed by atoms with Gasteiger partial charge in [-0.05, 0) is 42.0 Å². The monoisotopic (exact) mass is 291 g/mol. The molecule has 0 unspecified atom stereocenters. The summed E-state index contributed by atoms with van der Waals surface area (Å²) in [4.78, 5) is 14.8. The van der Waals surface area contributed by atoms with Gasteiger partial charge in [-0.3, -0.25) is 4.79 Å². The lowest BCUT2D eigenvalue weighted by Crippen LogP contribution is -2.28. The summed E-state index contributed by atoms with van der Waals surface area (Å²) in [7, 11) is 0. The fraction of sp³-hybridized carbons (Fsp3) is 0.533. The average Bonchev–Trinajstić information content (AvgIpc) is 2.79. The van der Waals surface area contributed by atoms with Gasteiger partial charge in [-0.25, -0.2) is 4.39 Å². The zero-order chi connectivity index (χ0) is 15.4. The number of benzene rings is 1. The van der Waals surface area contributed by atoms with Crippen molar-refractivity contribution in [2.45, 2.75) is 38.8 Å². The lowest BCUT2D eigenvalue weighted by atomic mass is 9.91. The zero-order valence-electron chi connectivity index (χ0n) is 12.1. The Bertz CT molecular complexity index is 553. The number of hydrogen-bond donors (Lipinski definition) is 0. The van der Waals surface area contributed by atoms with Crippen LogP contribution in [0, 0.1) is 17.7 Å². The molecular formula is C15H18FN3O2. The van der Waals surface area contributed by atoms with Crippen LogP contribution in [0.3, 0.4) is 0 Å². The molecule has 0 spiro atoms. The number of ether oxygens (including phenoxy) is 1. The van der Waals surface area contributed by atoms with Crippen LogP contribution in [0.5, 0.6) is 0 Å². The Hall–Kier alpha value is -2.07. The van der Waals surface area contributed by atoms with Crippen LogP contribution in [0.2, 0.25) is 0 Å². The molecular weight excluding hydrogens is 273 g/mol. The maximum absolute atomic E-state index is 12.9. The molecule has 1 fully saturated rings. The number of esters is 1. The first-order chi connectivity index (χ1) is 10.0. The van der Waals surface area contributed by atoms with Crippen molar-refractivity contribution in [2.75, 3.05) is 0 Å². The molecule has 2 rings (SSSR count). The molecule has 0 radical (unpaired) electrons. The van der Waals surface area contributed by atoms with Crippen LogP contribution in [-0.4, -0.2) is 18.1 Å². The average molecular weight is 291 g/mol. The number of carbonyl (C=O) groups is 1. The first-order valence-corrected chi connectivity index (χ1v) is 7.00. The highest BCUT2D eigenvalue weighted by atomic mass is 19.1. The molecule has 0 aliphatic carbocycles. The highest BCUT2D eigenvalue weighted by molar-refractivity contribution is 5.75. The molecule has 0 amide bonds. The molecule has 1 aliphatic heterocycles. The van der Waals surface area contributed by atoms with Crippen molar-refractivity contribution in [3.8, 4) is 0 Å². The molecule has 1 aliphatic rings. The van der Waals surface area contributed by atoms with E-state index in [4.69, 9.17) is 10.3 Å². The molecule has 0 saturated carbocycles. The summed E-state index contributed by atoms with van der Waals surface area (Å²) in [5.74, 6) is -0.740. The predicted octanol–water partition coefficient (Wildman–Crippen LogP) is 3.63. The quantitative estimate of drug-likeness (QED) is 0.359. The summed E-state index contributed by atoms with van der Waals surface area (Å²) in [6, 6.07) is 5.75. The molecule has 112 valence electrons. The fourth-order valence-corrected chi connectivity index (χ4v) is 2.65. The van der Waals surface area contributed by atoms with Gasteiger partial charge in [0.05, 0.1) is 12.0 Å². The largest absolute Gasteiger partial charge is 0.462 e. The third-order valence-electron chi connectivity index (χ3n) is 3.76. The Balaban J connectivity index is 2.05. The Labute approximate surface area is 122 Å². The van der Waals surface area contributed by atoms with Gasteiger partial charge >= 0.3 is 5.97 Å². The Morgan fingerprint density at radius 1 is 1.43 bits per heavy atom. The van der Waals surface area contributed by atoms with Crippen molar-refractivity contribution in [1.29, 1.82) is 0 Å². The van der Waals surface area contributed by atoms with Gasteiger partial charge in [-0.15, -0.1) is 0 Å². The standard InChI is InChI=1S/C15H18FN3O2/c1-9(2)14(18-19-17)13-8-11(15(20)21-13)7-10-3-5-12(16)6-4-10/h3-6,9,11,13-14H,7-8H2,1-2H3/t11-,13+,14+/m1/s1. The van der Waals surface area contributed by atoms with E-state index >= 15 is 0 Å². The smallest absolute Gasteiger partial charge is 0.309 e. The summed E-state index contributed by atoms with van der Waals surface area (Å²) >= 11 is 0. The number of halogens is 1.